The molecule has 1 N–H and O–H groups in total. The average molecular weight is 268 g/mol. The van der Waals surface area contributed by atoms with Crippen molar-refractivity contribution in [1.82, 2.24) is 10.2 Å². The Morgan fingerprint density at radius 1 is 1.21 bits per heavy atom. The van der Waals surface area contributed by atoms with Crippen molar-refractivity contribution >= 4 is 0 Å². The lowest BCUT2D eigenvalue weighted by Crippen LogP contribution is -2.42. The molecule has 0 aliphatic carbocycles. The monoisotopic (exact) mass is 268 g/mol. The van der Waals surface area contributed by atoms with Crippen LogP contribution in [0.3, 0.4) is 0 Å². The quantitative estimate of drug-likeness (QED) is 0.514. The number of hydrogen-bond acceptors (Lipinski definition) is 3. The Kier molecular flexibility index (Phi) is 9.14. The van der Waals surface area contributed by atoms with Gasteiger partial charge in [-0.1, -0.05) is 11.6 Å². The normalized spacial score (nSPS) is 17.6. The van der Waals surface area contributed by atoms with E-state index in [-0.39, 0.29) is 0 Å². The van der Waals surface area contributed by atoms with Crippen LogP contribution in [0.2, 0.25) is 0 Å². The fourth-order valence-electron chi connectivity index (χ4n) is 2.49. The van der Waals surface area contributed by atoms with Crippen molar-refractivity contribution in [3.63, 3.8) is 0 Å². The van der Waals surface area contributed by atoms with Crippen molar-refractivity contribution in [1.29, 1.82) is 0 Å². The largest absolute Gasteiger partial charge is 0.385 e. The number of hydrogen-bond donors (Lipinski definition) is 1. The topological polar surface area (TPSA) is 24.5 Å². The molecule has 1 heterocycles. The van der Waals surface area contributed by atoms with E-state index in [0.29, 0.717) is 0 Å². The highest BCUT2D eigenvalue weighted by Crippen LogP contribution is 2.10. The summed E-state index contributed by atoms with van der Waals surface area (Å²) >= 11 is 0. The van der Waals surface area contributed by atoms with Crippen molar-refractivity contribution in [2.24, 2.45) is 0 Å². The first-order valence-corrected chi connectivity index (χ1v) is 7.80. The van der Waals surface area contributed by atoms with Crippen molar-refractivity contribution in [3.05, 3.63) is 11.6 Å². The third kappa shape index (κ3) is 8.40. The van der Waals surface area contributed by atoms with Crippen molar-refractivity contribution in [2.45, 2.75) is 52.0 Å². The molecule has 1 fully saturated rings. The molecule has 0 aromatic heterocycles. The van der Waals surface area contributed by atoms with Crippen LogP contribution >= 0.6 is 0 Å². The first-order chi connectivity index (χ1) is 9.22. The third-order valence-electron chi connectivity index (χ3n) is 3.80. The minimum Gasteiger partial charge on any atom is -0.385 e. The van der Waals surface area contributed by atoms with E-state index in [1.54, 1.807) is 7.11 Å². The molecule has 0 saturated carbocycles. The Morgan fingerprint density at radius 3 is 2.58 bits per heavy atom. The number of ether oxygens (including phenoxy) is 1. The van der Waals surface area contributed by atoms with Gasteiger partial charge >= 0.3 is 0 Å². The van der Waals surface area contributed by atoms with Crippen LogP contribution in [0.25, 0.3) is 0 Å². The molecule has 19 heavy (non-hydrogen) atoms. The lowest BCUT2D eigenvalue weighted by molar-refractivity contribution is 0.191. The summed E-state index contributed by atoms with van der Waals surface area (Å²) in [4.78, 5) is 2.56. The van der Waals surface area contributed by atoms with Gasteiger partial charge in [0.05, 0.1) is 0 Å². The van der Waals surface area contributed by atoms with E-state index in [2.05, 4.69) is 30.1 Å². The SMILES string of the molecule is COCCCCCNC1CCN(CC=C(C)C)CC1. The first-order valence-electron chi connectivity index (χ1n) is 7.80. The zero-order valence-corrected chi connectivity index (χ0v) is 13.1. The summed E-state index contributed by atoms with van der Waals surface area (Å²) < 4.78 is 5.06. The molecule has 1 saturated heterocycles. The van der Waals surface area contributed by atoms with E-state index in [4.69, 9.17) is 4.74 Å². The molecule has 0 amide bonds. The Bertz CT molecular complexity index is 241. The Morgan fingerprint density at radius 2 is 1.95 bits per heavy atom. The van der Waals surface area contributed by atoms with Gasteiger partial charge in [0.2, 0.25) is 0 Å². The maximum absolute atomic E-state index is 5.06. The third-order valence-corrected chi connectivity index (χ3v) is 3.80. The van der Waals surface area contributed by atoms with Crippen LogP contribution in [0.4, 0.5) is 0 Å². The van der Waals surface area contributed by atoms with E-state index in [1.165, 1.54) is 57.3 Å². The lowest BCUT2D eigenvalue weighted by Gasteiger charge is -2.31. The fourth-order valence-corrected chi connectivity index (χ4v) is 2.49. The molecule has 0 atom stereocenters. The summed E-state index contributed by atoms with van der Waals surface area (Å²) in [6.07, 6.45) is 8.69. The van der Waals surface area contributed by atoms with E-state index >= 15 is 0 Å². The van der Waals surface area contributed by atoms with Gasteiger partial charge in [0, 0.05) is 26.3 Å². The molecule has 1 aliphatic rings. The van der Waals surface area contributed by atoms with Gasteiger partial charge in [0.1, 0.15) is 0 Å². The van der Waals surface area contributed by atoms with Crippen molar-refractivity contribution < 1.29 is 4.74 Å². The van der Waals surface area contributed by atoms with Gasteiger partial charge in [-0.3, -0.25) is 4.90 Å². The molecule has 0 spiro atoms. The number of unbranched alkanes of at least 4 members (excludes halogenated alkanes) is 2. The average Bonchev–Trinajstić information content (AvgIpc) is 2.41. The standard InChI is InChI=1S/C16H32N2O/c1-15(2)7-11-18-12-8-16(9-13-18)17-10-5-4-6-14-19-3/h7,16-17H,4-6,8-14H2,1-3H3. The van der Waals surface area contributed by atoms with Gasteiger partial charge in [-0.25, -0.2) is 0 Å². The van der Waals surface area contributed by atoms with Crippen LogP contribution in [0.1, 0.15) is 46.0 Å². The molecule has 0 aromatic rings. The molecular weight excluding hydrogens is 236 g/mol. The second-order valence-electron chi connectivity index (χ2n) is 5.86. The van der Waals surface area contributed by atoms with Gasteiger partial charge < -0.3 is 10.1 Å². The van der Waals surface area contributed by atoms with Crippen LogP contribution in [0.5, 0.6) is 0 Å². The second-order valence-corrected chi connectivity index (χ2v) is 5.86. The number of piperidine rings is 1. The van der Waals surface area contributed by atoms with Gasteiger partial charge in [0.25, 0.3) is 0 Å². The van der Waals surface area contributed by atoms with E-state index in [9.17, 15) is 0 Å². The van der Waals surface area contributed by atoms with Gasteiger partial charge in [-0.2, -0.15) is 0 Å². The number of nitrogens with zero attached hydrogens (tertiary/aromatic N) is 1. The van der Waals surface area contributed by atoms with Crippen LogP contribution in [-0.2, 0) is 4.74 Å². The van der Waals surface area contributed by atoms with Crippen molar-refractivity contribution in [3.8, 4) is 0 Å². The van der Waals surface area contributed by atoms with E-state index in [1.807, 2.05) is 0 Å². The molecule has 3 nitrogen and oxygen atoms in total. The molecule has 112 valence electrons. The summed E-state index contributed by atoms with van der Waals surface area (Å²) in [5.74, 6) is 0. The lowest BCUT2D eigenvalue weighted by atomic mass is 10.0. The maximum atomic E-state index is 5.06. The van der Waals surface area contributed by atoms with Gasteiger partial charge in [0.15, 0.2) is 0 Å². The molecular formula is C16H32N2O. The van der Waals surface area contributed by atoms with Crippen LogP contribution in [0.15, 0.2) is 11.6 Å². The molecule has 0 unspecified atom stereocenters. The minimum absolute atomic E-state index is 0.741. The summed E-state index contributed by atoms with van der Waals surface area (Å²) in [7, 11) is 1.78. The predicted molar refractivity (Wildman–Crippen MR) is 82.6 cm³/mol. The van der Waals surface area contributed by atoms with Crippen LogP contribution < -0.4 is 5.32 Å². The van der Waals surface area contributed by atoms with Gasteiger partial charge in [-0.15, -0.1) is 0 Å². The zero-order valence-electron chi connectivity index (χ0n) is 13.1. The Labute approximate surface area is 119 Å². The number of allylic oxidation sites excluding steroid dienone is 1. The zero-order chi connectivity index (χ0) is 13.9. The summed E-state index contributed by atoms with van der Waals surface area (Å²) in [5.41, 5.74) is 1.43. The summed E-state index contributed by atoms with van der Waals surface area (Å²) in [5, 5.41) is 3.70. The minimum atomic E-state index is 0.741. The van der Waals surface area contributed by atoms with Crippen LogP contribution in [-0.4, -0.2) is 50.8 Å². The van der Waals surface area contributed by atoms with Crippen LogP contribution in [0, 0.1) is 0 Å². The molecule has 3 heteroatoms. The van der Waals surface area contributed by atoms with E-state index in [0.717, 1.165) is 19.2 Å². The Balaban J connectivity index is 1.99. The first kappa shape index (κ1) is 16.7. The highest BCUT2D eigenvalue weighted by molar-refractivity contribution is 4.95. The highest BCUT2D eigenvalue weighted by atomic mass is 16.5. The summed E-state index contributed by atoms with van der Waals surface area (Å²) in [6.45, 7) is 10.0. The Hall–Kier alpha value is -0.380. The number of methoxy groups -OCH3 is 1. The summed E-state index contributed by atoms with van der Waals surface area (Å²) in [6, 6.07) is 0.741. The fraction of sp³-hybridized carbons (Fsp3) is 0.875. The molecule has 0 aromatic carbocycles. The number of rotatable bonds is 9. The molecule has 0 radical (unpaired) electrons. The number of likely N-dealkylation sites (tertiary alicyclic amines) is 1. The maximum Gasteiger partial charge on any atom is 0.0462 e. The van der Waals surface area contributed by atoms with E-state index < -0.39 is 0 Å². The molecule has 1 rings (SSSR count). The van der Waals surface area contributed by atoms with Crippen molar-refractivity contribution in [2.75, 3.05) is 39.9 Å². The smallest absolute Gasteiger partial charge is 0.0462 e. The predicted octanol–water partition coefficient (Wildman–Crippen LogP) is 2.82. The second kappa shape index (κ2) is 10.4. The molecule has 0 bridgehead atoms. The molecule has 1 aliphatic heterocycles. The number of nitrogens with one attached hydrogen (secondary N) is 1. The highest BCUT2D eigenvalue weighted by Gasteiger charge is 2.17. The van der Waals surface area contributed by atoms with Gasteiger partial charge in [-0.05, 0) is 65.6 Å².